The fraction of sp³-hybridized carbons (Fsp3) is 0.389. The molecule has 0 saturated carbocycles. The summed E-state index contributed by atoms with van der Waals surface area (Å²) in [5, 5.41) is 0. The number of anilines is 1. The maximum absolute atomic E-state index is 12.1. The molecule has 0 aliphatic rings. The zero-order chi connectivity index (χ0) is 15.8. The molecule has 114 valence electrons. The summed E-state index contributed by atoms with van der Waals surface area (Å²) in [5.41, 5.74) is 1.82. The van der Waals surface area contributed by atoms with Gasteiger partial charge in [0, 0.05) is 31.4 Å². The molecule has 1 atom stereocenters. The highest BCUT2D eigenvalue weighted by molar-refractivity contribution is 6.04. The molecule has 1 rings (SSSR count). The second-order valence-corrected chi connectivity index (χ2v) is 5.59. The van der Waals surface area contributed by atoms with Gasteiger partial charge in [0.15, 0.2) is 5.78 Å². The lowest BCUT2D eigenvalue weighted by Crippen LogP contribution is -2.26. The summed E-state index contributed by atoms with van der Waals surface area (Å²) in [6.45, 7) is 3.77. The van der Waals surface area contributed by atoms with Gasteiger partial charge in [0.2, 0.25) is 0 Å². The van der Waals surface area contributed by atoms with E-state index in [0.717, 1.165) is 24.1 Å². The number of carbonyl (C=O) groups is 1. The molecule has 0 aliphatic heterocycles. The van der Waals surface area contributed by atoms with Crippen molar-refractivity contribution in [1.29, 1.82) is 0 Å². The highest BCUT2D eigenvalue weighted by Gasteiger charge is 2.07. The van der Waals surface area contributed by atoms with E-state index in [2.05, 4.69) is 11.5 Å². The Bertz CT molecular complexity index is 486. The predicted molar refractivity (Wildman–Crippen MR) is 91.1 cm³/mol. The number of nitrogens with zero attached hydrogens (tertiary/aromatic N) is 2. The number of hydrogen-bond acceptors (Lipinski definition) is 3. The molecule has 0 spiro atoms. The monoisotopic (exact) mass is 286 g/mol. The van der Waals surface area contributed by atoms with Gasteiger partial charge in [-0.3, -0.25) is 4.79 Å². The van der Waals surface area contributed by atoms with E-state index >= 15 is 0 Å². The van der Waals surface area contributed by atoms with E-state index in [0.29, 0.717) is 6.04 Å². The molecule has 3 heteroatoms. The van der Waals surface area contributed by atoms with Gasteiger partial charge in [-0.15, -0.1) is 6.58 Å². The summed E-state index contributed by atoms with van der Waals surface area (Å²) in [7, 11) is 8.06. The van der Waals surface area contributed by atoms with Crippen LogP contribution in [0.1, 0.15) is 23.2 Å². The van der Waals surface area contributed by atoms with Crippen molar-refractivity contribution in [3.63, 3.8) is 0 Å². The van der Waals surface area contributed by atoms with Gasteiger partial charge in [0.1, 0.15) is 0 Å². The SMILES string of the molecule is C=CCC(C/C=C/C(=O)c1ccc(N(C)C)cc1)N(C)C. The van der Waals surface area contributed by atoms with Crippen molar-refractivity contribution in [1.82, 2.24) is 4.90 Å². The minimum Gasteiger partial charge on any atom is -0.378 e. The fourth-order valence-corrected chi connectivity index (χ4v) is 2.06. The Morgan fingerprint density at radius 3 is 2.24 bits per heavy atom. The number of carbonyl (C=O) groups excluding carboxylic acids is 1. The van der Waals surface area contributed by atoms with Crippen molar-refractivity contribution in [3.8, 4) is 0 Å². The first-order valence-corrected chi connectivity index (χ1v) is 7.21. The zero-order valence-electron chi connectivity index (χ0n) is 13.5. The van der Waals surface area contributed by atoms with E-state index < -0.39 is 0 Å². The number of rotatable bonds is 8. The smallest absolute Gasteiger partial charge is 0.185 e. The highest BCUT2D eigenvalue weighted by atomic mass is 16.1. The predicted octanol–water partition coefficient (Wildman–Crippen LogP) is 3.39. The van der Waals surface area contributed by atoms with E-state index in [4.69, 9.17) is 0 Å². The molecule has 1 aromatic carbocycles. The van der Waals surface area contributed by atoms with Gasteiger partial charge in [0.25, 0.3) is 0 Å². The molecule has 0 saturated heterocycles. The average Bonchev–Trinajstić information content (AvgIpc) is 2.46. The topological polar surface area (TPSA) is 23.6 Å². The summed E-state index contributed by atoms with van der Waals surface area (Å²) >= 11 is 0. The first kappa shape index (κ1) is 17.2. The van der Waals surface area contributed by atoms with E-state index in [1.165, 1.54) is 0 Å². The lowest BCUT2D eigenvalue weighted by molar-refractivity contribution is 0.104. The molecule has 0 radical (unpaired) electrons. The molecule has 0 aliphatic carbocycles. The van der Waals surface area contributed by atoms with E-state index in [1.54, 1.807) is 6.08 Å². The molecule has 1 aromatic rings. The first-order chi connectivity index (χ1) is 9.95. The van der Waals surface area contributed by atoms with Crippen molar-refractivity contribution in [3.05, 3.63) is 54.6 Å². The van der Waals surface area contributed by atoms with Gasteiger partial charge in [-0.05, 0) is 57.3 Å². The molecule has 21 heavy (non-hydrogen) atoms. The van der Waals surface area contributed by atoms with Crippen LogP contribution in [-0.4, -0.2) is 44.9 Å². The van der Waals surface area contributed by atoms with Crippen molar-refractivity contribution >= 4 is 11.5 Å². The molecule has 3 nitrogen and oxygen atoms in total. The van der Waals surface area contributed by atoms with Gasteiger partial charge in [0.05, 0.1) is 0 Å². The summed E-state index contributed by atoms with van der Waals surface area (Å²) in [5.74, 6) is 0.0522. The highest BCUT2D eigenvalue weighted by Crippen LogP contribution is 2.13. The third-order valence-electron chi connectivity index (χ3n) is 3.51. The van der Waals surface area contributed by atoms with Crippen molar-refractivity contribution < 1.29 is 4.79 Å². The quantitative estimate of drug-likeness (QED) is 0.416. The van der Waals surface area contributed by atoms with Gasteiger partial charge in [-0.2, -0.15) is 0 Å². The minimum absolute atomic E-state index is 0.0522. The minimum atomic E-state index is 0.0522. The van der Waals surface area contributed by atoms with Crippen LogP contribution in [0.4, 0.5) is 5.69 Å². The summed E-state index contributed by atoms with van der Waals surface area (Å²) in [6.07, 6.45) is 7.31. The van der Waals surface area contributed by atoms with Crippen molar-refractivity contribution in [2.24, 2.45) is 0 Å². The largest absolute Gasteiger partial charge is 0.378 e. The molecule has 0 heterocycles. The van der Waals surface area contributed by atoms with Crippen LogP contribution in [0, 0.1) is 0 Å². The summed E-state index contributed by atoms with van der Waals surface area (Å²) in [4.78, 5) is 16.3. The fourth-order valence-electron chi connectivity index (χ4n) is 2.06. The summed E-state index contributed by atoms with van der Waals surface area (Å²) in [6, 6.07) is 8.05. The molecule has 0 amide bonds. The van der Waals surface area contributed by atoms with Crippen LogP contribution >= 0.6 is 0 Å². The van der Waals surface area contributed by atoms with Crippen molar-refractivity contribution in [2.75, 3.05) is 33.1 Å². The lowest BCUT2D eigenvalue weighted by atomic mass is 10.1. The van der Waals surface area contributed by atoms with Crippen LogP contribution in [0.2, 0.25) is 0 Å². The molecular weight excluding hydrogens is 260 g/mol. The first-order valence-electron chi connectivity index (χ1n) is 7.21. The maximum atomic E-state index is 12.1. The van der Waals surface area contributed by atoms with Crippen LogP contribution in [0.15, 0.2) is 49.1 Å². The third-order valence-corrected chi connectivity index (χ3v) is 3.51. The van der Waals surface area contributed by atoms with Gasteiger partial charge >= 0.3 is 0 Å². The Kier molecular flexibility index (Phi) is 6.89. The second-order valence-electron chi connectivity index (χ2n) is 5.59. The second kappa shape index (κ2) is 8.42. The lowest BCUT2D eigenvalue weighted by Gasteiger charge is -2.21. The van der Waals surface area contributed by atoms with Gasteiger partial charge in [-0.25, -0.2) is 0 Å². The molecule has 0 bridgehead atoms. The summed E-state index contributed by atoms with van der Waals surface area (Å²) < 4.78 is 0. The van der Waals surface area contributed by atoms with Crippen molar-refractivity contribution in [2.45, 2.75) is 18.9 Å². The maximum Gasteiger partial charge on any atom is 0.185 e. The number of allylic oxidation sites excluding steroid dienone is 1. The van der Waals surface area contributed by atoms with Gasteiger partial charge in [-0.1, -0.05) is 12.2 Å². The average molecular weight is 286 g/mol. The molecule has 0 fully saturated rings. The zero-order valence-corrected chi connectivity index (χ0v) is 13.5. The number of ketones is 1. The van der Waals surface area contributed by atoms with Crippen LogP contribution in [0.3, 0.4) is 0 Å². The Hall–Kier alpha value is -1.87. The number of hydrogen-bond donors (Lipinski definition) is 0. The van der Waals surface area contributed by atoms with Crippen LogP contribution < -0.4 is 4.90 Å². The van der Waals surface area contributed by atoms with Crippen LogP contribution in [0.5, 0.6) is 0 Å². The molecule has 1 unspecified atom stereocenters. The standard InChI is InChI=1S/C18H26N2O/c1-6-8-16(19(2)3)9-7-10-18(21)15-11-13-17(14-12-15)20(4)5/h6-7,10-14,16H,1,8-9H2,2-5H3/b10-7+. The molecule has 0 N–H and O–H groups in total. The third kappa shape index (κ3) is 5.56. The van der Waals surface area contributed by atoms with Gasteiger partial charge < -0.3 is 9.80 Å². The number of benzene rings is 1. The molecule has 0 aromatic heterocycles. The normalized spacial score (nSPS) is 12.6. The van der Waals surface area contributed by atoms with E-state index in [1.807, 2.05) is 69.5 Å². The van der Waals surface area contributed by atoms with E-state index in [-0.39, 0.29) is 5.78 Å². The Labute approximate surface area is 128 Å². The Balaban J connectivity index is 2.63. The Morgan fingerprint density at radius 1 is 1.14 bits per heavy atom. The van der Waals surface area contributed by atoms with Crippen LogP contribution in [0.25, 0.3) is 0 Å². The van der Waals surface area contributed by atoms with E-state index in [9.17, 15) is 4.79 Å². The molecular formula is C18H26N2O. The Morgan fingerprint density at radius 2 is 1.76 bits per heavy atom. The van der Waals surface area contributed by atoms with Crippen LogP contribution in [-0.2, 0) is 0 Å².